The van der Waals surface area contributed by atoms with Gasteiger partial charge in [0.25, 0.3) is 0 Å². The lowest BCUT2D eigenvalue weighted by Crippen LogP contribution is -2.34. The molecule has 2 amide bonds. The van der Waals surface area contributed by atoms with E-state index in [1.807, 2.05) is 24.4 Å². The number of rotatable bonds is 6. The molecule has 1 N–H and O–H groups in total. The van der Waals surface area contributed by atoms with Gasteiger partial charge in [0.05, 0.1) is 18.2 Å². The normalized spacial score (nSPS) is 16.2. The summed E-state index contributed by atoms with van der Waals surface area (Å²) >= 11 is 0. The molecule has 1 aliphatic rings. The molecule has 4 rings (SSSR count). The Morgan fingerprint density at radius 1 is 1.14 bits per heavy atom. The molecule has 2 aromatic heterocycles. The highest BCUT2D eigenvalue weighted by atomic mass is 19.1. The first-order valence-electron chi connectivity index (χ1n) is 9.37. The largest absolute Gasteiger partial charge is 0.354 e. The number of nitrogens with zero attached hydrogens (tertiary/aromatic N) is 4. The van der Waals surface area contributed by atoms with Crippen LogP contribution >= 0.6 is 0 Å². The summed E-state index contributed by atoms with van der Waals surface area (Å²) in [6.07, 6.45) is 5.44. The first kappa shape index (κ1) is 18.8. The highest BCUT2D eigenvalue weighted by Crippen LogP contribution is 2.25. The van der Waals surface area contributed by atoms with E-state index < -0.39 is 5.92 Å². The van der Waals surface area contributed by atoms with Crippen LogP contribution in [0.1, 0.15) is 6.42 Å². The minimum absolute atomic E-state index is 0.133. The number of hydrogen-bond acceptors (Lipinski definition) is 4. The Balaban J connectivity index is 1.29. The van der Waals surface area contributed by atoms with Crippen molar-refractivity contribution in [3.8, 4) is 11.3 Å². The lowest BCUT2D eigenvalue weighted by atomic mass is 10.1. The Bertz CT molecular complexity index is 1000. The number of anilines is 1. The van der Waals surface area contributed by atoms with Crippen molar-refractivity contribution in [3.63, 3.8) is 0 Å². The Labute approximate surface area is 167 Å². The van der Waals surface area contributed by atoms with E-state index in [9.17, 15) is 14.0 Å². The molecule has 1 atom stereocenters. The molecule has 0 radical (unpaired) electrons. The van der Waals surface area contributed by atoms with Gasteiger partial charge < -0.3 is 10.2 Å². The summed E-state index contributed by atoms with van der Waals surface area (Å²) in [6, 6.07) is 11.4. The second-order valence-electron chi connectivity index (χ2n) is 6.87. The van der Waals surface area contributed by atoms with Crippen molar-refractivity contribution in [1.29, 1.82) is 0 Å². The monoisotopic (exact) mass is 393 g/mol. The van der Waals surface area contributed by atoms with Crippen LogP contribution in [0, 0.1) is 11.7 Å². The van der Waals surface area contributed by atoms with Crippen LogP contribution in [0.2, 0.25) is 0 Å². The second-order valence-corrected chi connectivity index (χ2v) is 6.87. The maximum atomic E-state index is 13.1. The van der Waals surface area contributed by atoms with Crippen molar-refractivity contribution in [3.05, 3.63) is 66.9 Å². The van der Waals surface area contributed by atoms with E-state index in [0.29, 0.717) is 25.3 Å². The average Bonchev–Trinajstić information content (AvgIpc) is 3.36. The lowest BCUT2D eigenvalue weighted by molar-refractivity contribution is -0.126. The smallest absolute Gasteiger partial charge is 0.227 e. The maximum absolute atomic E-state index is 13.1. The summed E-state index contributed by atoms with van der Waals surface area (Å²) in [5.74, 6) is -1.08. The number of benzene rings is 1. The Kier molecular flexibility index (Phi) is 5.33. The van der Waals surface area contributed by atoms with Crippen LogP contribution in [0.5, 0.6) is 0 Å². The maximum Gasteiger partial charge on any atom is 0.227 e. The van der Waals surface area contributed by atoms with Crippen LogP contribution < -0.4 is 10.2 Å². The average molecular weight is 393 g/mol. The van der Waals surface area contributed by atoms with Gasteiger partial charge in [-0.15, -0.1) is 0 Å². The number of hydrogen-bond donors (Lipinski definition) is 1. The Morgan fingerprint density at radius 3 is 2.66 bits per heavy atom. The van der Waals surface area contributed by atoms with Gasteiger partial charge in [-0.2, -0.15) is 5.10 Å². The van der Waals surface area contributed by atoms with E-state index in [-0.39, 0.29) is 24.1 Å². The zero-order valence-electron chi connectivity index (χ0n) is 15.7. The summed E-state index contributed by atoms with van der Waals surface area (Å²) in [5, 5.41) is 7.37. The fourth-order valence-corrected chi connectivity index (χ4v) is 3.35. The molecule has 3 aromatic rings. The first-order valence-corrected chi connectivity index (χ1v) is 9.37. The van der Waals surface area contributed by atoms with Gasteiger partial charge in [-0.3, -0.25) is 19.3 Å². The van der Waals surface area contributed by atoms with Crippen LogP contribution in [0.15, 0.2) is 61.1 Å². The second kappa shape index (κ2) is 8.22. The summed E-state index contributed by atoms with van der Waals surface area (Å²) in [6.45, 7) is 1.24. The minimum atomic E-state index is -0.419. The summed E-state index contributed by atoms with van der Waals surface area (Å²) in [4.78, 5) is 30.2. The molecule has 0 bridgehead atoms. The van der Waals surface area contributed by atoms with Gasteiger partial charge in [0.2, 0.25) is 11.8 Å². The number of carbonyl (C=O) groups is 2. The molecule has 1 saturated heterocycles. The molecule has 7 nitrogen and oxygen atoms in total. The third-order valence-corrected chi connectivity index (χ3v) is 4.89. The van der Waals surface area contributed by atoms with Gasteiger partial charge in [-0.1, -0.05) is 0 Å². The molecule has 148 valence electrons. The topological polar surface area (TPSA) is 80.1 Å². The molecule has 1 unspecified atom stereocenters. The molecule has 1 aromatic carbocycles. The van der Waals surface area contributed by atoms with Gasteiger partial charge in [-0.25, -0.2) is 4.39 Å². The quantitative estimate of drug-likeness (QED) is 0.697. The number of nitrogens with one attached hydrogen (secondary N) is 1. The number of pyridine rings is 1. The molecular formula is C21H20FN5O2. The standard InChI is InChI=1S/C21H20FN5O2/c22-17-1-3-18(4-2-17)27-14-16(13-20(27)28)21(29)24-10-12-26-11-7-19(25-26)15-5-8-23-9-6-15/h1-9,11,16H,10,12-14H2,(H,24,29). The van der Waals surface area contributed by atoms with Crippen LogP contribution in [0.3, 0.4) is 0 Å². The number of amides is 2. The SMILES string of the molecule is O=C(NCCn1ccc(-c2ccncc2)n1)C1CC(=O)N(c2ccc(F)cc2)C1. The number of halogens is 1. The zero-order chi connectivity index (χ0) is 20.2. The fourth-order valence-electron chi connectivity index (χ4n) is 3.35. The summed E-state index contributed by atoms with van der Waals surface area (Å²) in [7, 11) is 0. The van der Waals surface area contributed by atoms with Crippen LogP contribution in [-0.2, 0) is 16.1 Å². The van der Waals surface area contributed by atoms with E-state index in [0.717, 1.165) is 11.3 Å². The summed E-state index contributed by atoms with van der Waals surface area (Å²) in [5.41, 5.74) is 2.43. The van der Waals surface area contributed by atoms with Gasteiger partial charge >= 0.3 is 0 Å². The first-order chi connectivity index (χ1) is 14.1. The lowest BCUT2D eigenvalue weighted by Gasteiger charge is -2.16. The molecule has 1 aliphatic heterocycles. The van der Waals surface area contributed by atoms with Crippen LogP contribution in [0.25, 0.3) is 11.3 Å². The Hall–Kier alpha value is -3.55. The minimum Gasteiger partial charge on any atom is -0.354 e. The molecule has 0 spiro atoms. The number of aromatic nitrogens is 3. The van der Waals surface area contributed by atoms with Crippen LogP contribution in [0.4, 0.5) is 10.1 Å². The third-order valence-electron chi connectivity index (χ3n) is 4.89. The van der Waals surface area contributed by atoms with Gasteiger partial charge in [0.1, 0.15) is 5.82 Å². The molecular weight excluding hydrogens is 373 g/mol. The van der Waals surface area contributed by atoms with Crippen molar-refractivity contribution in [2.24, 2.45) is 5.92 Å². The van der Waals surface area contributed by atoms with Crippen molar-refractivity contribution < 1.29 is 14.0 Å². The number of carbonyl (C=O) groups excluding carboxylic acids is 2. The molecule has 29 heavy (non-hydrogen) atoms. The highest BCUT2D eigenvalue weighted by Gasteiger charge is 2.34. The predicted molar refractivity (Wildman–Crippen MR) is 105 cm³/mol. The third kappa shape index (κ3) is 4.31. The molecule has 0 saturated carbocycles. The Morgan fingerprint density at radius 2 is 1.90 bits per heavy atom. The van der Waals surface area contributed by atoms with E-state index in [2.05, 4.69) is 15.4 Å². The van der Waals surface area contributed by atoms with E-state index in [1.54, 1.807) is 29.2 Å². The van der Waals surface area contributed by atoms with E-state index in [4.69, 9.17) is 0 Å². The van der Waals surface area contributed by atoms with E-state index in [1.165, 1.54) is 17.0 Å². The van der Waals surface area contributed by atoms with Gasteiger partial charge in [0.15, 0.2) is 0 Å². The van der Waals surface area contributed by atoms with Gasteiger partial charge in [-0.05, 0) is 42.5 Å². The van der Waals surface area contributed by atoms with Crippen molar-refractivity contribution in [1.82, 2.24) is 20.1 Å². The highest BCUT2D eigenvalue weighted by molar-refractivity contribution is 6.00. The van der Waals surface area contributed by atoms with Gasteiger partial charge in [0, 0.05) is 49.4 Å². The molecule has 8 heteroatoms. The van der Waals surface area contributed by atoms with Crippen molar-refractivity contribution >= 4 is 17.5 Å². The van der Waals surface area contributed by atoms with Crippen molar-refractivity contribution in [2.45, 2.75) is 13.0 Å². The van der Waals surface area contributed by atoms with Crippen LogP contribution in [-0.4, -0.2) is 39.7 Å². The zero-order valence-corrected chi connectivity index (χ0v) is 15.7. The van der Waals surface area contributed by atoms with E-state index >= 15 is 0 Å². The molecule has 1 fully saturated rings. The summed E-state index contributed by atoms with van der Waals surface area (Å²) < 4.78 is 14.8. The molecule has 0 aliphatic carbocycles. The molecule has 3 heterocycles. The van der Waals surface area contributed by atoms with Crippen molar-refractivity contribution in [2.75, 3.05) is 18.0 Å². The predicted octanol–water partition coefficient (Wildman–Crippen LogP) is 2.25. The fraction of sp³-hybridized carbons (Fsp3) is 0.238.